The molecule has 0 spiro atoms. The van der Waals surface area contributed by atoms with Crippen molar-refractivity contribution < 1.29 is 19.1 Å². The summed E-state index contributed by atoms with van der Waals surface area (Å²) >= 11 is 7.17. The van der Waals surface area contributed by atoms with Crippen LogP contribution in [0.15, 0.2) is 47.4 Å². The topological polar surface area (TPSA) is 55.8 Å². The molecule has 2 aromatic carbocycles. The summed E-state index contributed by atoms with van der Waals surface area (Å²) in [6, 6.07) is 12.1. The van der Waals surface area contributed by atoms with Gasteiger partial charge in [0.15, 0.2) is 11.5 Å². The van der Waals surface area contributed by atoms with Gasteiger partial charge in [0, 0.05) is 6.07 Å². The Morgan fingerprint density at radius 2 is 1.88 bits per heavy atom. The Bertz CT molecular complexity index is 883. The predicted octanol–water partition coefficient (Wildman–Crippen LogP) is 4.99. The number of rotatable bonds is 5. The fourth-order valence-electron chi connectivity index (χ4n) is 2.50. The number of benzene rings is 2. The van der Waals surface area contributed by atoms with Gasteiger partial charge in [0.05, 0.1) is 29.3 Å². The number of carbonyl (C=O) groups is 2. The normalized spacial score (nSPS) is 15.7. The highest BCUT2D eigenvalue weighted by molar-refractivity contribution is 8.19. The maximum atomic E-state index is 12.7. The van der Waals surface area contributed by atoms with Crippen LogP contribution in [0.2, 0.25) is 5.02 Å². The summed E-state index contributed by atoms with van der Waals surface area (Å²) in [6.45, 7) is 2.32. The molecule has 0 atom stereocenters. The Morgan fingerprint density at radius 3 is 2.54 bits per heavy atom. The maximum absolute atomic E-state index is 12.7. The summed E-state index contributed by atoms with van der Waals surface area (Å²) in [5, 5.41) is 0.0546. The van der Waals surface area contributed by atoms with E-state index in [4.69, 9.17) is 21.1 Å². The van der Waals surface area contributed by atoms with E-state index >= 15 is 0 Å². The van der Waals surface area contributed by atoms with E-state index in [1.54, 1.807) is 42.5 Å². The molecule has 1 aliphatic rings. The zero-order chi connectivity index (χ0) is 18.7. The molecule has 0 bridgehead atoms. The Morgan fingerprint density at radius 1 is 1.15 bits per heavy atom. The van der Waals surface area contributed by atoms with Crippen LogP contribution >= 0.6 is 23.4 Å². The van der Waals surface area contributed by atoms with Crippen molar-refractivity contribution in [3.8, 4) is 11.5 Å². The third-order valence-corrected chi connectivity index (χ3v) is 4.87. The Hall–Kier alpha value is -2.44. The van der Waals surface area contributed by atoms with E-state index in [9.17, 15) is 9.59 Å². The molecule has 134 valence electrons. The first kappa shape index (κ1) is 18.4. The molecule has 7 heteroatoms. The molecule has 0 aromatic heterocycles. The molecule has 1 fully saturated rings. The maximum Gasteiger partial charge on any atom is 0.298 e. The van der Waals surface area contributed by atoms with Crippen molar-refractivity contribution in [2.75, 3.05) is 18.6 Å². The van der Waals surface area contributed by atoms with Crippen molar-refractivity contribution in [3.63, 3.8) is 0 Å². The van der Waals surface area contributed by atoms with Gasteiger partial charge in [-0.05, 0) is 48.5 Å². The summed E-state index contributed by atoms with van der Waals surface area (Å²) in [5.41, 5.74) is 1.11. The smallest absolute Gasteiger partial charge is 0.298 e. The average Bonchev–Trinajstić information content (AvgIpc) is 2.92. The van der Waals surface area contributed by atoms with Crippen LogP contribution in [0.4, 0.5) is 10.5 Å². The second-order valence-electron chi connectivity index (χ2n) is 5.31. The summed E-state index contributed by atoms with van der Waals surface area (Å²) in [6.07, 6.45) is 1.60. The lowest BCUT2D eigenvalue weighted by Gasteiger charge is -2.12. The molecule has 0 saturated carbocycles. The van der Waals surface area contributed by atoms with Crippen LogP contribution in [-0.2, 0) is 4.79 Å². The van der Waals surface area contributed by atoms with Crippen molar-refractivity contribution in [3.05, 3.63) is 58.0 Å². The van der Waals surface area contributed by atoms with Crippen LogP contribution in [0.1, 0.15) is 12.5 Å². The molecule has 0 unspecified atom stereocenters. The van der Waals surface area contributed by atoms with E-state index in [2.05, 4.69) is 0 Å². The summed E-state index contributed by atoms with van der Waals surface area (Å²) in [5.74, 6) is 0.648. The molecule has 5 nitrogen and oxygen atoms in total. The molecular formula is C19H16ClNO4S. The van der Waals surface area contributed by atoms with Crippen molar-refractivity contribution >= 4 is 46.3 Å². The molecule has 0 radical (unpaired) electrons. The minimum Gasteiger partial charge on any atom is -0.493 e. The van der Waals surface area contributed by atoms with Crippen molar-refractivity contribution in [2.24, 2.45) is 0 Å². The molecule has 3 rings (SSSR count). The molecule has 0 N–H and O–H groups in total. The minimum absolute atomic E-state index is 0.299. The Balaban J connectivity index is 1.97. The second kappa shape index (κ2) is 7.85. The first-order valence-corrected chi connectivity index (χ1v) is 9.08. The first-order valence-electron chi connectivity index (χ1n) is 7.88. The van der Waals surface area contributed by atoms with Gasteiger partial charge >= 0.3 is 0 Å². The lowest BCUT2D eigenvalue weighted by atomic mass is 10.1. The monoisotopic (exact) mass is 389 g/mol. The summed E-state index contributed by atoms with van der Waals surface area (Å²) in [4.78, 5) is 26.4. The summed E-state index contributed by atoms with van der Waals surface area (Å²) < 4.78 is 10.8. The van der Waals surface area contributed by atoms with Crippen LogP contribution in [0, 0.1) is 0 Å². The number of anilines is 1. The van der Waals surface area contributed by atoms with E-state index in [-0.39, 0.29) is 11.1 Å². The van der Waals surface area contributed by atoms with Crippen LogP contribution in [0.5, 0.6) is 11.5 Å². The number of hydrogen-bond acceptors (Lipinski definition) is 5. The SMILES string of the molecule is CCOc1cc(/C=C2/SC(=O)N(c3ccccc3)C2=O)c(Cl)cc1OC. The number of nitrogens with zero attached hydrogens (tertiary/aromatic N) is 1. The highest BCUT2D eigenvalue weighted by atomic mass is 35.5. The quantitative estimate of drug-likeness (QED) is 0.674. The van der Waals surface area contributed by atoms with E-state index in [0.29, 0.717) is 39.3 Å². The zero-order valence-corrected chi connectivity index (χ0v) is 15.8. The number of carbonyl (C=O) groups excluding carboxylic acids is 2. The van der Waals surface area contributed by atoms with Crippen molar-refractivity contribution in [1.29, 1.82) is 0 Å². The third kappa shape index (κ3) is 3.57. The number of halogens is 1. The second-order valence-corrected chi connectivity index (χ2v) is 6.71. The molecule has 1 saturated heterocycles. The van der Waals surface area contributed by atoms with E-state index in [1.165, 1.54) is 7.11 Å². The van der Waals surface area contributed by atoms with Gasteiger partial charge in [-0.25, -0.2) is 4.90 Å². The molecular weight excluding hydrogens is 374 g/mol. The van der Waals surface area contributed by atoms with Gasteiger partial charge in [-0.3, -0.25) is 9.59 Å². The van der Waals surface area contributed by atoms with E-state index < -0.39 is 0 Å². The highest BCUT2D eigenvalue weighted by Gasteiger charge is 2.36. The average molecular weight is 390 g/mol. The van der Waals surface area contributed by atoms with Crippen molar-refractivity contribution in [1.82, 2.24) is 0 Å². The molecule has 1 heterocycles. The Kier molecular flexibility index (Phi) is 5.54. The molecule has 1 aliphatic heterocycles. The highest BCUT2D eigenvalue weighted by Crippen LogP contribution is 2.39. The van der Waals surface area contributed by atoms with Gasteiger partial charge in [0.25, 0.3) is 11.1 Å². The molecule has 2 amide bonds. The van der Waals surface area contributed by atoms with Gasteiger partial charge in [0.2, 0.25) is 0 Å². The lowest BCUT2D eigenvalue weighted by Crippen LogP contribution is -2.27. The van der Waals surface area contributed by atoms with Crippen LogP contribution in [0.3, 0.4) is 0 Å². The van der Waals surface area contributed by atoms with Crippen LogP contribution in [0.25, 0.3) is 6.08 Å². The molecule has 2 aromatic rings. The summed E-state index contributed by atoms with van der Waals surface area (Å²) in [7, 11) is 1.53. The minimum atomic E-state index is -0.379. The first-order chi connectivity index (χ1) is 12.5. The fourth-order valence-corrected chi connectivity index (χ4v) is 3.54. The van der Waals surface area contributed by atoms with Gasteiger partial charge < -0.3 is 9.47 Å². The number of para-hydroxylation sites is 1. The third-order valence-electron chi connectivity index (χ3n) is 3.68. The van der Waals surface area contributed by atoms with Gasteiger partial charge in [-0.1, -0.05) is 29.8 Å². The number of hydrogen-bond donors (Lipinski definition) is 0. The van der Waals surface area contributed by atoms with Gasteiger partial charge in [0.1, 0.15) is 0 Å². The van der Waals surface area contributed by atoms with Gasteiger partial charge in [-0.2, -0.15) is 0 Å². The van der Waals surface area contributed by atoms with E-state index in [1.807, 2.05) is 13.0 Å². The number of imide groups is 1. The van der Waals surface area contributed by atoms with Crippen molar-refractivity contribution in [2.45, 2.75) is 6.92 Å². The molecule has 26 heavy (non-hydrogen) atoms. The zero-order valence-electron chi connectivity index (χ0n) is 14.2. The van der Waals surface area contributed by atoms with Gasteiger partial charge in [-0.15, -0.1) is 0 Å². The Labute approximate surface area is 160 Å². The fraction of sp³-hybridized carbons (Fsp3) is 0.158. The van der Waals surface area contributed by atoms with Crippen LogP contribution in [-0.4, -0.2) is 24.9 Å². The number of thioether (sulfide) groups is 1. The number of methoxy groups -OCH3 is 1. The largest absolute Gasteiger partial charge is 0.493 e. The standard InChI is InChI=1S/C19H16ClNO4S/c1-3-25-16-9-12(14(20)11-15(16)24-2)10-17-18(22)21(19(23)26-17)13-7-5-4-6-8-13/h4-11H,3H2,1-2H3/b17-10+. The van der Waals surface area contributed by atoms with E-state index in [0.717, 1.165) is 16.7 Å². The lowest BCUT2D eigenvalue weighted by molar-refractivity contribution is -0.113. The predicted molar refractivity (Wildman–Crippen MR) is 104 cm³/mol. The molecule has 0 aliphatic carbocycles. The number of amides is 2. The van der Waals surface area contributed by atoms with Crippen LogP contribution < -0.4 is 14.4 Å². The number of ether oxygens (including phenoxy) is 2.